The van der Waals surface area contributed by atoms with Gasteiger partial charge in [0.25, 0.3) is 0 Å². The fraction of sp³-hybridized carbons (Fsp3) is 0.286. The topological polar surface area (TPSA) is 77.5 Å². The molecular formula is C14H17F3IN5O. The van der Waals surface area contributed by atoms with Gasteiger partial charge in [0.05, 0.1) is 11.9 Å². The third-order valence-electron chi connectivity index (χ3n) is 2.82. The molecule has 2 aromatic rings. The van der Waals surface area contributed by atoms with Crippen LogP contribution in [-0.2, 0) is 13.5 Å². The van der Waals surface area contributed by atoms with E-state index in [9.17, 15) is 13.2 Å². The van der Waals surface area contributed by atoms with Crippen LogP contribution in [0, 0.1) is 0 Å². The monoisotopic (exact) mass is 455 g/mol. The van der Waals surface area contributed by atoms with E-state index in [2.05, 4.69) is 20.1 Å². The molecule has 0 unspecified atom stereocenters. The summed E-state index contributed by atoms with van der Waals surface area (Å²) in [4.78, 5) is 4.07. The first-order valence-corrected chi connectivity index (χ1v) is 6.73. The molecule has 1 aromatic heterocycles. The van der Waals surface area contributed by atoms with Gasteiger partial charge in [-0.3, -0.25) is 9.67 Å². The molecule has 132 valence electrons. The summed E-state index contributed by atoms with van der Waals surface area (Å²) in [5.41, 5.74) is 6.77. The number of nitrogens with two attached hydrogens (primary N) is 1. The Labute approximate surface area is 153 Å². The van der Waals surface area contributed by atoms with Gasteiger partial charge in [0, 0.05) is 19.8 Å². The van der Waals surface area contributed by atoms with E-state index >= 15 is 0 Å². The molecule has 0 aliphatic heterocycles. The van der Waals surface area contributed by atoms with E-state index in [0.29, 0.717) is 13.0 Å². The van der Waals surface area contributed by atoms with Crippen molar-refractivity contribution in [2.24, 2.45) is 17.8 Å². The van der Waals surface area contributed by atoms with Gasteiger partial charge < -0.3 is 15.8 Å². The van der Waals surface area contributed by atoms with Crippen molar-refractivity contribution in [3.05, 3.63) is 42.2 Å². The lowest BCUT2D eigenvalue weighted by Crippen LogP contribution is -2.24. The number of guanidine groups is 1. The van der Waals surface area contributed by atoms with E-state index < -0.39 is 6.36 Å². The Morgan fingerprint density at radius 3 is 2.71 bits per heavy atom. The Balaban J connectivity index is 0.00000288. The molecule has 0 bridgehead atoms. The lowest BCUT2D eigenvalue weighted by Gasteiger charge is -2.14. The van der Waals surface area contributed by atoms with E-state index in [1.807, 2.05) is 6.20 Å². The lowest BCUT2D eigenvalue weighted by molar-refractivity contribution is -0.274. The molecule has 0 spiro atoms. The highest BCUT2D eigenvalue weighted by Gasteiger charge is 2.32. The third kappa shape index (κ3) is 6.64. The maximum absolute atomic E-state index is 12.3. The summed E-state index contributed by atoms with van der Waals surface area (Å²) in [5.74, 6) is -0.363. The van der Waals surface area contributed by atoms with Gasteiger partial charge in [-0.05, 0) is 24.1 Å². The zero-order valence-electron chi connectivity index (χ0n) is 12.7. The third-order valence-corrected chi connectivity index (χ3v) is 2.82. The maximum Gasteiger partial charge on any atom is 0.573 e. The lowest BCUT2D eigenvalue weighted by atomic mass is 10.2. The predicted molar refractivity (Wildman–Crippen MR) is 95.6 cm³/mol. The number of aromatic nitrogens is 2. The maximum atomic E-state index is 12.3. The molecule has 0 fully saturated rings. The van der Waals surface area contributed by atoms with Gasteiger partial charge in [-0.15, -0.1) is 37.1 Å². The molecule has 1 heterocycles. The van der Waals surface area contributed by atoms with Gasteiger partial charge in [-0.25, -0.2) is 0 Å². The number of hydrogen-bond acceptors (Lipinski definition) is 3. The Bertz CT molecular complexity index is 687. The second-order valence-corrected chi connectivity index (χ2v) is 4.71. The molecular weight excluding hydrogens is 438 g/mol. The van der Waals surface area contributed by atoms with Crippen LogP contribution in [0.1, 0.15) is 5.56 Å². The molecule has 0 saturated heterocycles. The highest BCUT2D eigenvalue weighted by molar-refractivity contribution is 14.0. The normalized spacial score (nSPS) is 11.8. The predicted octanol–water partition coefficient (Wildman–Crippen LogP) is 2.91. The number of nitrogens with one attached hydrogen (secondary N) is 1. The van der Waals surface area contributed by atoms with Crippen molar-refractivity contribution in [3.8, 4) is 5.75 Å². The van der Waals surface area contributed by atoms with Gasteiger partial charge in [-0.2, -0.15) is 5.10 Å². The van der Waals surface area contributed by atoms with Crippen molar-refractivity contribution in [2.45, 2.75) is 12.8 Å². The summed E-state index contributed by atoms with van der Waals surface area (Å²) >= 11 is 0. The number of ether oxygens (including phenoxy) is 1. The van der Waals surface area contributed by atoms with Crippen molar-refractivity contribution >= 4 is 35.6 Å². The fourth-order valence-corrected chi connectivity index (χ4v) is 1.87. The van der Waals surface area contributed by atoms with E-state index in [0.717, 1.165) is 5.56 Å². The van der Waals surface area contributed by atoms with E-state index in [-0.39, 0.29) is 41.4 Å². The second-order valence-electron chi connectivity index (χ2n) is 4.71. The van der Waals surface area contributed by atoms with Crippen molar-refractivity contribution in [3.63, 3.8) is 0 Å². The fourth-order valence-electron chi connectivity index (χ4n) is 1.87. The molecule has 0 saturated carbocycles. The molecule has 3 N–H and O–H groups in total. The summed E-state index contributed by atoms with van der Waals surface area (Å²) in [7, 11) is 1.81. The molecule has 0 atom stereocenters. The summed E-state index contributed by atoms with van der Waals surface area (Å²) in [6, 6.07) is 5.61. The first-order valence-electron chi connectivity index (χ1n) is 6.73. The summed E-state index contributed by atoms with van der Waals surface area (Å²) in [6.07, 6.45) is -0.585. The van der Waals surface area contributed by atoms with Crippen LogP contribution in [0.15, 0.2) is 41.7 Å². The summed E-state index contributed by atoms with van der Waals surface area (Å²) < 4.78 is 42.6. The molecule has 6 nitrogen and oxygen atoms in total. The van der Waals surface area contributed by atoms with Gasteiger partial charge in [0.1, 0.15) is 0 Å². The van der Waals surface area contributed by atoms with Gasteiger partial charge >= 0.3 is 6.36 Å². The average Bonchev–Trinajstić information content (AvgIpc) is 2.85. The Morgan fingerprint density at radius 2 is 2.08 bits per heavy atom. The van der Waals surface area contributed by atoms with Gasteiger partial charge in [0.15, 0.2) is 11.7 Å². The molecule has 24 heavy (non-hydrogen) atoms. The van der Waals surface area contributed by atoms with Crippen LogP contribution in [0.2, 0.25) is 0 Å². The van der Waals surface area contributed by atoms with Crippen molar-refractivity contribution in [2.75, 3.05) is 11.9 Å². The Hall–Kier alpha value is -1.98. The Kier molecular flexibility index (Phi) is 7.32. The van der Waals surface area contributed by atoms with Crippen LogP contribution in [0.25, 0.3) is 0 Å². The number of halogens is 4. The number of anilines is 1. The number of rotatable bonds is 5. The molecule has 0 radical (unpaired) electrons. The molecule has 10 heteroatoms. The second kappa shape index (κ2) is 8.76. The zero-order valence-corrected chi connectivity index (χ0v) is 15.1. The number of aryl methyl sites for hydroxylation is 1. The van der Waals surface area contributed by atoms with Gasteiger partial charge in [-0.1, -0.05) is 12.1 Å². The van der Waals surface area contributed by atoms with Crippen LogP contribution >= 0.6 is 24.0 Å². The van der Waals surface area contributed by atoms with Crippen molar-refractivity contribution < 1.29 is 17.9 Å². The van der Waals surface area contributed by atoms with Crippen molar-refractivity contribution in [1.82, 2.24) is 9.78 Å². The standard InChI is InChI=1S/C14H16F3N5O.HI/c1-22-9-10(8-20-22)6-7-19-13(18)21-11-4-2-3-5-12(11)23-14(15,16)17;/h2-5,8-9H,6-7H2,1H3,(H3,18,19,21);1H. The quantitative estimate of drug-likeness (QED) is 0.413. The van der Waals surface area contributed by atoms with Crippen LogP contribution in [-0.4, -0.2) is 28.6 Å². The largest absolute Gasteiger partial charge is 0.573 e. The Morgan fingerprint density at radius 1 is 1.38 bits per heavy atom. The van der Waals surface area contributed by atoms with E-state index in [4.69, 9.17) is 5.73 Å². The van der Waals surface area contributed by atoms with Crippen LogP contribution < -0.4 is 15.8 Å². The van der Waals surface area contributed by atoms with Crippen molar-refractivity contribution in [1.29, 1.82) is 0 Å². The smallest absolute Gasteiger partial charge is 0.404 e. The van der Waals surface area contributed by atoms with E-state index in [1.165, 1.54) is 18.2 Å². The number of alkyl halides is 3. The summed E-state index contributed by atoms with van der Waals surface area (Å²) in [5, 5.41) is 6.63. The number of hydrogen-bond donors (Lipinski definition) is 2. The highest BCUT2D eigenvalue weighted by atomic mass is 127. The molecule has 2 rings (SSSR count). The van der Waals surface area contributed by atoms with Gasteiger partial charge in [0.2, 0.25) is 0 Å². The zero-order chi connectivity index (χ0) is 16.9. The minimum absolute atomic E-state index is 0. The number of benzene rings is 1. The minimum Gasteiger partial charge on any atom is -0.404 e. The van der Waals surface area contributed by atoms with Crippen LogP contribution in [0.4, 0.5) is 18.9 Å². The van der Waals surface area contributed by atoms with Crippen LogP contribution in [0.3, 0.4) is 0 Å². The number of para-hydroxylation sites is 2. The highest BCUT2D eigenvalue weighted by Crippen LogP contribution is 2.29. The average molecular weight is 455 g/mol. The molecule has 1 aromatic carbocycles. The molecule has 0 amide bonds. The SMILES string of the molecule is Cn1cc(CCN=C(N)Nc2ccccc2OC(F)(F)F)cn1.I. The number of nitrogens with zero attached hydrogens (tertiary/aromatic N) is 3. The molecule has 0 aliphatic rings. The van der Waals surface area contributed by atoms with Crippen LogP contribution in [0.5, 0.6) is 5.75 Å². The van der Waals surface area contributed by atoms with E-state index in [1.54, 1.807) is 24.0 Å². The number of aliphatic imine (C=N–C) groups is 1. The molecule has 0 aliphatic carbocycles. The summed E-state index contributed by atoms with van der Waals surface area (Å²) in [6.45, 7) is 0.382. The first-order chi connectivity index (χ1) is 10.8. The first kappa shape index (κ1) is 20.1. The minimum atomic E-state index is -4.77.